The number of hydrogen-bond acceptors (Lipinski definition) is 5. The minimum atomic E-state index is -0.968. The summed E-state index contributed by atoms with van der Waals surface area (Å²) >= 11 is 0. The minimum absolute atomic E-state index is 0.0954. The van der Waals surface area contributed by atoms with Gasteiger partial charge in [-0.1, -0.05) is 6.08 Å². The molecule has 7 heteroatoms. The lowest BCUT2D eigenvalue weighted by molar-refractivity contribution is -0.149. The van der Waals surface area contributed by atoms with Gasteiger partial charge in [0.05, 0.1) is 16.7 Å². The molecule has 0 spiro atoms. The van der Waals surface area contributed by atoms with E-state index in [-0.39, 0.29) is 24.0 Å². The number of fused-ring (bicyclic) bond motifs is 1. The molecule has 3 rings (SSSR count). The fourth-order valence-electron chi connectivity index (χ4n) is 3.23. The molecule has 0 aromatic carbocycles. The molecule has 2 atom stereocenters. The third-order valence-corrected chi connectivity index (χ3v) is 5.15. The Morgan fingerprint density at radius 1 is 1.17 bits per heavy atom. The van der Waals surface area contributed by atoms with Gasteiger partial charge in [-0.25, -0.2) is 0 Å². The van der Waals surface area contributed by atoms with Crippen LogP contribution in [0.4, 0.5) is 0 Å². The van der Waals surface area contributed by atoms with Gasteiger partial charge in [-0.3, -0.25) is 29.4 Å². The predicted molar refractivity (Wildman–Crippen MR) is 85.2 cm³/mol. The lowest BCUT2D eigenvalue weighted by Crippen LogP contribution is -2.54. The van der Waals surface area contributed by atoms with Crippen LogP contribution >= 0.6 is 0 Å². The maximum absolute atomic E-state index is 12.9. The van der Waals surface area contributed by atoms with Crippen LogP contribution in [0.1, 0.15) is 33.6 Å². The van der Waals surface area contributed by atoms with Crippen molar-refractivity contribution >= 4 is 23.6 Å². The Kier molecular flexibility index (Phi) is 3.56. The molecular formula is C17H19N3O4. The molecule has 1 aliphatic carbocycles. The second-order valence-corrected chi connectivity index (χ2v) is 6.58. The molecule has 0 aromatic rings. The number of nitrogens with zero attached hydrogens (tertiary/aromatic N) is 1. The van der Waals surface area contributed by atoms with Gasteiger partial charge in [0, 0.05) is 6.42 Å². The van der Waals surface area contributed by atoms with Crippen LogP contribution in [0.2, 0.25) is 0 Å². The molecule has 4 amide bonds. The number of nitrogens with one attached hydrogen (secondary N) is 1. The van der Waals surface area contributed by atoms with Crippen LogP contribution in [0.3, 0.4) is 0 Å². The lowest BCUT2D eigenvalue weighted by atomic mass is 9.84. The second-order valence-electron chi connectivity index (χ2n) is 6.58. The highest BCUT2D eigenvalue weighted by atomic mass is 16.2. The van der Waals surface area contributed by atoms with E-state index in [1.54, 1.807) is 26.0 Å². The van der Waals surface area contributed by atoms with Crippen molar-refractivity contribution in [3.63, 3.8) is 0 Å². The van der Waals surface area contributed by atoms with Crippen LogP contribution in [-0.4, -0.2) is 40.1 Å². The Bertz CT molecular complexity index is 786. The van der Waals surface area contributed by atoms with Crippen molar-refractivity contribution in [3.05, 3.63) is 34.4 Å². The maximum Gasteiger partial charge on any atom is 0.262 e. The highest BCUT2D eigenvalue weighted by Gasteiger charge is 2.48. The topological polar surface area (TPSA) is 110 Å². The van der Waals surface area contributed by atoms with Gasteiger partial charge in [0.1, 0.15) is 6.04 Å². The van der Waals surface area contributed by atoms with Crippen molar-refractivity contribution in [1.82, 2.24) is 10.2 Å². The van der Waals surface area contributed by atoms with E-state index in [1.165, 1.54) is 0 Å². The van der Waals surface area contributed by atoms with Crippen molar-refractivity contribution < 1.29 is 19.2 Å². The number of imide groups is 2. The molecule has 2 aliphatic heterocycles. The number of hydrogen-bond donors (Lipinski definition) is 2. The molecule has 0 aromatic heterocycles. The molecule has 126 valence electrons. The normalized spacial score (nSPS) is 30.8. The number of nitrogens with two attached hydrogens (primary N) is 1. The highest BCUT2D eigenvalue weighted by Crippen LogP contribution is 2.38. The van der Waals surface area contributed by atoms with Gasteiger partial charge in [-0.05, 0) is 44.4 Å². The van der Waals surface area contributed by atoms with E-state index >= 15 is 0 Å². The summed E-state index contributed by atoms with van der Waals surface area (Å²) in [5, 5.41) is 2.18. The molecule has 2 heterocycles. The Morgan fingerprint density at radius 3 is 2.46 bits per heavy atom. The number of carbonyl (C=O) groups excluding carboxylic acids is 4. The van der Waals surface area contributed by atoms with Crippen molar-refractivity contribution in [2.24, 2.45) is 5.73 Å². The van der Waals surface area contributed by atoms with E-state index in [0.717, 1.165) is 10.5 Å². The van der Waals surface area contributed by atoms with Gasteiger partial charge in [0.25, 0.3) is 11.8 Å². The summed E-state index contributed by atoms with van der Waals surface area (Å²) in [6.07, 6.45) is 3.54. The fourth-order valence-corrected chi connectivity index (χ4v) is 3.23. The monoisotopic (exact) mass is 329 g/mol. The molecule has 3 aliphatic rings. The van der Waals surface area contributed by atoms with E-state index in [9.17, 15) is 19.2 Å². The molecule has 7 nitrogen and oxygen atoms in total. The van der Waals surface area contributed by atoms with Gasteiger partial charge < -0.3 is 5.73 Å². The predicted octanol–water partition coefficient (Wildman–Crippen LogP) is 0.0806. The van der Waals surface area contributed by atoms with Crippen LogP contribution in [0.25, 0.3) is 0 Å². The molecule has 0 bridgehead atoms. The quantitative estimate of drug-likeness (QED) is 0.662. The van der Waals surface area contributed by atoms with Gasteiger partial charge in [0.2, 0.25) is 11.8 Å². The molecular weight excluding hydrogens is 310 g/mol. The van der Waals surface area contributed by atoms with Crippen molar-refractivity contribution in [1.29, 1.82) is 0 Å². The van der Waals surface area contributed by atoms with Gasteiger partial charge >= 0.3 is 0 Å². The maximum atomic E-state index is 12.9. The Balaban J connectivity index is 2.09. The summed E-state index contributed by atoms with van der Waals surface area (Å²) in [7, 11) is 0. The molecule has 2 unspecified atom stereocenters. The Labute approximate surface area is 139 Å². The molecule has 2 saturated heterocycles. The van der Waals surface area contributed by atoms with Crippen LogP contribution in [0.5, 0.6) is 0 Å². The number of carbonyl (C=O) groups is 4. The second kappa shape index (κ2) is 5.24. The number of rotatable bonds is 1. The van der Waals surface area contributed by atoms with E-state index in [1.807, 2.05) is 6.92 Å². The number of piperidine rings is 1. The fraction of sp³-hybridized carbons (Fsp3) is 0.412. The van der Waals surface area contributed by atoms with Crippen molar-refractivity contribution in [2.45, 2.75) is 45.2 Å². The third kappa shape index (κ3) is 2.16. The van der Waals surface area contributed by atoms with Gasteiger partial charge in [-0.2, -0.15) is 0 Å². The van der Waals surface area contributed by atoms with Crippen molar-refractivity contribution in [3.8, 4) is 0 Å². The molecule has 24 heavy (non-hydrogen) atoms. The summed E-state index contributed by atoms with van der Waals surface area (Å²) in [6, 6.07) is -0.968. The standard InChI is InChI=1S/C17H19N3O4/c1-8-4-5-10-13(9(2)17(8,3)18)16(24)20(15(10)23)11-6-7-12(21)19-14(11)22/h4-5,11H,6-7,18H2,1-3H3,(H,19,21,22). The smallest absolute Gasteiger partial charge is 0.262 e. The Hall–Kier alpha value is -2.54. The average molecular weight is 329 g/mol. The average Bonchev–Trinajstić information content (AvgIpc) is 2.70. The van der Waals surface area contributed by atoms with Gasteiger partial charge in [0.15, 0.2) is 0 Å². The molecule has 0 saturated carbocycles. The Morgan fingerprint density at radius 2 is 1.83 bits per heavy atom. The summed E-state index contributed by atoms with van der Waals surface area (Å²) < 4.78 is 0. The molecule has 3 N–H and O–H groups in total. The third-order valence-electron chi connectivity index (χ3n) is 5.15. The number of allylic oxidation sites excluding steroid dienone is 2. The minimum Gasteiger partial charge on any atom is -0.318 e. The van der Waals surface area contributed by atoms with Crippen molar-refractivity contribution in [2.75, 3.05) is 0 Å². The first kappa shape index (κ1) is 16.3. The lowest BCUT2D eigenvalue weighted by Gasteiger charge is -2.29. The van der Waals surface area contributed by atoms with E-state index < -0.39 is 35.2 Å². The van der Waals surface area contributed by atoms with Crippen LogP contribution in [0, 0.1) is 0 Å². The summed E-state index contributed by atoms with van der Waals surface area (Å²) in [5.74, 6) is -2.07. The van der Waals surface area contributed by atoms with E-state index in [0.29, 0.717) is 5.57 Å². The van der Waals surface area contributed by atoms with Gasteiger partial charge in [-0.15, -0.1) is 0 Å². The molecule has 0 radical (unpaired) electrons. The number of likely N-dealkylation sites (tertiary alicyclic amines) is 1. The van der Waals surface area contributed by atoms with Crippen LogP contribution < -0.4 is 11.1 Å². The number of amides is 4. The first-order valence-corrected chi connectivity index (χ1v) is 7.77. The summed E-state index contributed by atoms with van der Waals surface area (Å²) in [4.78, 5) is 50.0. The van der Waals surface area contributed by atoms with E-state index in [2.05, 4.69) is 5.32 Å². The SMILES string of the molecule is CC1=CC=C2C(=O)N(C3CCC(=O)NC3=O)C(=O)C2=C(C)C1(C)N. The zero-order valence-corrected chi connectivity index (χ0v) is 13.8. The molecule has 2 fully saturated rings. The van der Waals surface area contributed by atoms with Crippen LogP contribution in [-0.2, 0) is 19.2 Å². The largest absolute Gasteiger partial charge is 0.318 e. The first-order valence-electron chi connectivity index (χ1n) is 7.77. The summed E-state index contributed by atoms with van der Waals surface area (Å²) in [6.45, 7) is 5.35. The highest BCUT2D eigenvalue weighted by molar-refractivity contribution is 6.27. The zero-order valence-electron chi connectivity index (χ0n) is 13.8. The first-order chi connectivity index (χ1) is 11.2. The van der Waals surface area contributed by atoms with E-state index in [4.69, 9.17) is 5.73 Å². The summed E-state index contributed by atoms with van der Waals surface area (Å²) in [5.41, 5.74) is 7.40. The van der Waals surface area contributed by atoms with Crippen LogP contribution in [0.15, 0.2) is 34.4 Å². The zero-order chi connectivity index (χ0) is 17.8.